The van der Waals surface area contributed by atoms with Gasteiger partial charge in [0.2, 0.25) is 0 Å². The molecule has 0 fully saturated rings. The molecule has 0 amide bonds. The van der Waals surface area contributed by atoms with Crippen molar-refractivity contribution in [1.82, 2.24) is 0 Å². The number of ether oxygens (including phenoxy) is 1. The van der Waals surface area contributed by atoms with Gasteiger partial charge < -0.3 is 4.74 Å². The fourth-order valence-electron chi connectivity index (χ4n) is 2.84. The molecule has 24 heavy (non-hydrogen) atoms. The molecule has 1 heteroatoms. The largest absolute Gasteiger partial charge is 0.457 e. The number of hydrogen-bond acceptors (Lipinski definition) is 1. The van der Waals surface area contributed by atoms with Crippen LogP contribution in [0.2, 0.25) is 0 Å². The summed E-state index contributed by atoms with van der Waals surface area (Å²) in [5.74, 6) is 1.78. The van der Waals surface area contributed by atoms with Crippen molar-refractivity contribution in [3.05, 3.63) is 84.4 Å². The second kappa shape index (κ2) is 8.35. The Morgan fingerprint density at radius 2 is 1.42 bits per heavy atom. The number of aryl methyl sites for hydroxylation is 1. The maximum Gasteiger partial charge on any atom is 0.135 e. The molecule has 0 radical (unpaired) electrons. The lowest BCUT2D eigenvalue weighted by Crippen LogP contribution is -1.89. The van der Waals surface area contributed by atoms with Gasteiger partial charge in [-0.1, -0.05) is 80.4 Å². The van der Waals surface area contributed by atoms with Crippen LogP contribution in [0.3, 0.4) is 0 Å². The number of hydrogen-bond donors (Lipinski definition) is 0. The van der Waals surface area contributed by atoms with Gasteiger partial charge in [-0.15, -0.1) is 0 Å². The molecule has 0 aromatic heterocycles. The van der Waals surface area contributed by atoms with Crippen molar-refractivity contribution >= 4 is 0 Å². The highest BCUT2D eigenvalue weighted by Crippen LogP contribution is 2.33. The lowest BCUT2D eigenvalue weighted by Gasteiger charge is -2.12. The van der Waals surface area contributed by atoms with E-state index in [9.17, 15) is 0 Å². The van der Waals surface area contributed by atoms with Crippen LogP contribution in [0.1, 0.15) is 31.7 Å². The first-order chi connectivity index (χ1) is 11.9. The Morgan fingerprint density at radius 1 is 0.708 bits per heavy atom. The van der Waals surface area contributed by atoms with E-state index < -0.39 is 0 Å². The molecule has 3 aromatic rings. The molecule has 3 rings (SSSR count). The van der Waals surface area contributed by atoms with Crippen LogP contribution in [0.25, 0.3) is 11.1 Å². The molecule has 0 spiro atoms. The smallest absolute Gasteiger partial charge is 0.135 e. The van der Waals surface area contributed by atoms with Crippen molar-refractivity contribution < 1.29 is 4.74 Å². The van der Waals surface area contributed by atoms with Crippen molar-refractivity contribution in [3.63, 3.8) is 0 Å². The molecular weight excluding hydrogens is 292 g/mol. The van der Waals surface area contributed by atoms with E-state index in [1.165, 1.54) is 30.4 Å². The van der Waals surface area contributed by atoms with Crippen LogP contribution in [0.4, 0.5) is 0 Å². The van der Waals surface area contributed by atoms with E-state index in [0.717, 1.165) is 23.5 Å². The first-order valence-corrected chi connectivity index (χ1v) is 8.78. The Balaban J connectivity index is 1.75. The zero-order chi connectivity index (χ0) is 16.6. The molecule has 0 N–H and O–H groups in total. The van der Waals surface area contributed by atoms with E-state index in [4.69, 9.17) is 4.74 Å². The highest BCUT2D eigenvalue weighted by atomic mass is 16.5. The van der Waals surface area contributed by atoms with Crippen LogP contribution in [0.5, 0.6) is 11.5 Å². The molecule has 0 atom stereocenters. The van der Waals surface area contributed by atoms with Crippen LogP contribution in [0, 0.1) is 0 Å². The van der Waals surface area contributed by atoms with E-state index >= 15 is 0 Å². The third-order valence-corrected chi connectivity index (χ3v) is 4.19. The second-order valence-electron chi connectivity index (χ2n) is 6.07. The van der Waals surface area contributed by atoms with Crippen molar-refractivity contribution in [1.29, 1.82) is 0 Å². The summed E-state index contributed by atoms with van der Waals surface area (Å²) in [5.41, 5.74) is 3.67. The van der Waals surface area contributed by atoms with Gasteiger partial charge in [0.1, 0.15) is 11.5 Å². The Hall–Kier alpha value is -2.54. The van der Waals surface area contributed by atoms with Crippen molar-refractivity contribution in [2.24, 2.45) is 0 Å². The number of unbranched alkanes of at least 4 members (excludes halogenated alkanes) is 2. The normalized spacial score (nSPS) is 10.5. The molecule has 3 aromatic carbocycles. The molecule has 0 aliphatic carbocycles. The van der Waals surface area contributed by atoms with Gasteiger partial charge in [-0.05, 0) is 42.2 Å². The highest BCUT2D eigenvalue weighted by Gasteiger charge is 2.06. The lowest BCUT2D eigenvalue weighted by molar-refractivity contribution is 0.484. The third kappa shape index (κ3) is 4.26. The van der Waals surface area contributed by atoms with Gasteiger partial charge in [0.25, 0.3) is 0 Å². The number of rotatable bonds is 7. The van der Waals surface area contributed by atoms with Gasteiger partial charge in [-0.3, -0.25) is 0 Å². The summed E-state index contributed by atoms with van der Waals surface area (Å²) in [4.78, 5) is 0. The van der Waals surface area contributed by atoms with Crippen molar-refractivity contribution in [2.45, 2.75) is 32.6 Å². The predicted octanol–water partition coefficient (Wildman–Crippen LogP) is 6.88. The molecule has 0 aliphatic heterocycles. The Bertz CT molecular complexity index is 745. The Kier molecular flexibility index (Phi) is 5.68. The van der Waals surface area contributed by atoms with Gasteiger partial charge in [0, 0.05) is 5.56 Å². The van der Waals surface area contributed by atoms with Crippen LogP contribution < -0.4 is 4.74 Å². The summed E-state index contributed by atoms with van der Waals surface area (Å²) in [6.45, 7) is 2.24. The molecule has 1 nitrogen and oxygen atoms in total. The molecule has 0 saturated heterocycles. The minimum Gasteiger partial charge on any atom is -0.457 e. The molecule has 0 heterocycles. The first-order valence-electron chi connectivity index (χ1n) is 8.78. The van der Waals surface area contributed by atoms with Gasteiger partial charge in [0.05, 0.1) is 0 Å². The average molecular weight is 316 g/mol. The molecule has 0 bridgehead atoms. The molecule has 122 valence electrons. The zero-order valence-electron chi connectivity index (χ0n) is 14.2. The van der Waals surface area contributed by atoms with Crippen LogP contribution in [-0.4, -0.2) is 0 Å². The van der Waals surface area contributed by atoms with E-state index in [1.54, 1.807) is 0 Å². The van der Waals surface area contributed by atoms with Gasteiger partial charge in [0.15, 0.2) is 0 Å². The standard InChI is InChI=1S/C23H24O/c1-2-3-5-10-19-15-17-21(18-16-19)24-23-14-9-8-13-22(23)20-11-6-4-7-12-20/h4,6-9,11-18H,2-3,5,10H2,1H3. The fourth-order valence-corrected chi connectivity index (χ4v) is 2.84. The Labute approximate surface area is 144 Å². The summed E-state index contributed by atoms with van der Waals surface area (Å²) in [7, 11) is 0. The van der Waals surface area contributed by atoms with Crippen molar-refractivity contribution in [2.75, 3.05) is 0 Å². The minimum absolute atomic E-state index is 0.887. The van der Waals surface area contributed by atoms with Crippen molar-refractivity contribution in [3.8, 4) is 22.6 Å². The first kappa shape index (κ1) is 16.3. The number of para-hydroxylation sites is 1. The summed E-state index contributed by atoms with van der Waals surface area (Å²) in [6, 6.07) is 27.0. The van der Waals surface area contributed by atoms with E-state index in [2.05, 4.69) is 61.5 Å². The van der Waals surface area contributed by atoms with E-state index in [0.29, 0.717) is 0 Å². The maximum absolute atomic E-state index is 6.14. The minimum atomic E-state index is 0.887. The quantitative estimate of drug-likeness (QED) is 0.432. The van der Waals surface area contributed by atoms with Gasteiger partial charge >= 0.3 is 0 Å². The molecule has 0 unspecified atom stereocenters. The number of benzene rings is 3. The third-order valence-electron chi connectivity index (χ3n) is 4.19. The fraction of sp³-hybridized carbons (Fsp3) is 0.217. The molecule has 0 aliphatic rings. The summed E-state index contributed by atoms with van der Waals surface area (Å²) in [6.07, 6.45) is 4.96. The van der Waals surface area contributed by atoms with Crippen LogP contribution in [-0.2, 0) is 6.42 Å². The van der Waals surface area contributed by atoms with E-state index in [-0.39, 0.29) is 0 Å². The summed E-state index contributed by atoms with van der Waals surface area (Å²) in [5, 5.41) is 0. The zero-order valence-corrected chi connectivity index (χ0v) is 14.2. The van der Waals surface area contributed by atoms with Crippen LogP contribution >= 0.6 is 0 Å². The van der Waals surface area contributed by atoms with Crippen LogP contribution in [0.15, 0.2) is 78.9 Å². The molecular formula is C23H24O. The topological polar surface area (TPSA) is 9.23 Å². The Morgan fingerprint density at radius 3 is 2.17 bits per heavy atom. The summed E-state index contributed by atoms with van der Waals surface area (Å²) < 4.78 is 6.14. The lowest BCUT2D eigenvalue weighted by atomic mass is 10.0. The summed E-state index contributed by atoms with van der Waals surface area (Å²) >= 11 is 0. The van der Waals surface area contributed by atoms with Gasteiger partial charge in [-0.25, -0.2) is 0 Å². The predicted molar refractivity (Wildman–Crippen MR) is 102 cm³/mol. The van der Waals surface area contributed by atoms with Gasteiger partial charge in [-0.2, -0.15) is 0 Å². The monoisotopic (exact) mass is 316 g/mol. The maximum atomic E-state index is 6.14. The highest BCUT2D eigenvalue weighted by molar-refractivity contribution is 5.70. The second-order valence-corrected chi connectivity index (χ2v) is 6.07. The molecule has 0 saturated carbocycles. The van der Waals surface area contributed by atoms with E-state index in [1.807, 2.05) is 24.3 Å². The average Bonchev–Trinajstić information content (AvgIpc) is 2.65. The SMILES string of the molecule is CCCCCc1ccc(Oc2ccccc2-c2ccccc2)cc1.